The molecular weight excluding hydrogens is 402 g/mol. The number of amides is 1. The average Bonchev–Trinajstić information content (AvgIpc) is 3.12. The Morgan fingerprint density at radius 1 is 1.06 bits per heavy atom. The summed E-state index contributed by atoms with van der Waals surface area (Å²) in [6.07, 6.45) is 6.95. The molecule has 3 saturated carbocycles. The quantitative estimate of drug-likeness (QED) is 0.533. The lowest BCUT2D eigenvalue weighted by Crippen LogP contribution is -2.63. The molecule has 5 nitrogen and oxygen atoms in total. The molecule has 0 spiro atoms. The molecule has 8 atom stereocenters. The molecule has 0 aromatic heterocycles. The molecule has 32 heavy (non-hydrogen) atoms. The second kappa shape index (κ2) is 7.78. The van der Waals surface area contributed by atoms with E-state index in [0.29, 0.717) is 47.6 Å². The lowest BCUT2D eigenvalue weighted by molar-refractivity contribution is -0.154. The number of esters is 1. The fourth-order valence-corrected chi connectivity index (χ4v) is 8.29. The SMILES string of the molecule is COc1cccc(OC(=O)[C@H]2CC[C@H]3[C@@H]4[C@@H](C)C[C@H]5NC(=O)CC[C@]5(C)[C@H]4CC[C@]23C)c1. The maximum absolute atomic E-state index is 13.3. The van der Waals surface area contributed by atoms with Crippen LogP contribution < -0.4 is 14.8 Å². The number of carbonyl (C=O) groups excluding carboxylic acids is 2. The summed E-state index contributed by atoms with van der Waals surface area (Å²) in [7, 11) is 1.62. The molecule has 1 heterocycles. The van der Waals surface area contributed by atoms with Crippen molar-refractivity contribution in [2.24, 2.45) is 40.4 Å². The molecule has 0 unspecified atom stereocenters. The Balaban J connectivity index is 1.37. The van der Waals surface area contributed by atoms with Crippen LogP contribution in [0.4, 0.5) is 0 Å². The highest BCUT2D eigenvalue weighted by Crippen LogP contribution is 2.66. The topological polar surface area (TPSA) is 64.6 Å². The van der Waals surface area contributed by atoms with Crippen molar-refractivity contribution in [1.29, 1.82) is 0 Å². The van der Waals surface area contributed by atoms with Crippen molar-refractivity contribution in [3.8, 4) is 11.5 Å². The van der Waals surface area contributed by atoms with Crippen molar-refractivity contribution < 1.29 is 19.1 Å². The van der Waals surface area contributed by atoms with Crippen LogP contribution in [0.5, 0.6) is 11.5 Å². The lowest BCUT2D eigenvalue weighted by Gasteiger charge is -2.62. The maximum atomic E-state index is 13.3. The highest BCUT2D eigenvalue weighted by atomic mass is 16.5. The molecule has 5 heteroatoms. The molecule has 1 amide bonds. The van der Waals surface area contributed by atoms with E-state index in [1.165, 1.54) is 0 Å². The number of nitrogens with one attached hydrogen (secondary N) is 1. The number of piperidine rings is 1. The summed E-state index contributed by atoms with van der Waals surface area (Å²) in [5.41, 5.74) is 0.179. The smallest absolute Gasteiger partial charge is 0.314 e. The Kier molecular flexibility index (Phi) is 5.29. The molecule has 1 aromatic rings. The number of carbonyl (C=O) groups is 2. The van der Waals surface area contributed by atoms with E-state index in [0.717, 1.165) is 38.5 Å². The van der Waals surface area contributed by atoms with Gasteiger partial charge in [0.05, 0.1) is 13.0 Å². The Morgan fingerprint density at radius 2 is 1.81 bits per heavy atom. The first-order chi connectivity index (χ1) is 15.3. The van der Waals surface area contributed by atoms with Crippen molar-refractivity contribution in [3.05, 3.63) is 24.3 Å². The van der Waals surface area contributed by atoms with E-state index >= 15 is 0 Å². The van der Waals surface area contributed by atoms with Gasteiger partial charge in [0.25, 0.3) is 0 Å². The third-order valence-electron chi connectivity index (χ3n) is 10.0. The number of ether oxygens (including phenoxy) is 2. The highest BCUT2D eigenvalue weighted by Gasteiger charge is 2.63. The summed E-state index contributed by atoms with van der Waals surface area (Å²) in [6, 6.07) is 7.63. The molecule has 1 aromatic carbocycles. The van der Waals surface area contributed by atoms with Gasteiger partial charge in [-0.2, -0.15) is 0 Å². The van der Waals surface area contributed by atoms with Gasteiger partial charge in [-0.15, -0.1) is 0 Å². The largest absolute Gasteiger partial charge is 0.497 e. The van der Waals surface area contributed by atoms with Crippen LogP contribution in [0.15, 0.2) is 24.3 Å². The normalized spacial score (nSPS) is 42.8. The van der Waals surface area contributed by atoms with Crippen molar-refractivity contribution in [2.45, 2.75) is 71.8 Å². The standard InChI is InChI=1S/C27H37NO4/c1-16-14-22-27(3,13-11-23(29)28-22)20-10-12-26(2)19(24(16)20)8-9-21(26)25(30)32-18-7-5-6-17(15-18)31-4/h5-7,15-16,19-22,24H,8-14H2,1-4H3,(H,28,29)/t16-,19-,20-,21+,22+,24-,26-,27+/m0/s1. The lowest BCUT2D eigenvalue weighted by atomic mass is 9.45. The molecule has 3 aliphatic carbocycles. The number of benzene rings is 1. The minimum absolute atomic E-state index is 0.00745. The Morgan fingerprint density at radius 3 is 2.59 bits per heavy atom. The van der Waals surface area contributed by atoms with Crippen molar-refractivity contribution >= 4 is 11.9 Å². The summed E-state index contributed by atoms with van der Waals surface area (Å²) in [6.45, 7) is 7.15. The first-order valence-electron chi connectivity index (χ1n) is 12.4. The fraction of sp³-hybridized carbons (Fsp3) is 0.704. The molecule has 0 bridgehead atoms. The van der Waals surface area contributed by atoms with Crippen LogP contribution in [0.2, 0.25) is 0 Å². The summed E-state index contributed by atoms with van der Waals surface area (Å²) in [5, 5.41) is 3.33. The van der Waals surface area contributed by atoms with Gasteiger partial charge >= 0.3 is 5.97 Å². The van der Waals surface area contributed by atoms with Crippen LogP contribution in [-0.4, -0.2) is 25.0 Å². The molecular formula is C27H37NO4. The van der Waals surface area contributed by atoms with Crippen LogP contribution in [0.3, 0.4) is 0 Å². The number of hydrogen-bond donors (Lipinski definition) is 1. The first-order valence-corrected chi connectivity index (χ1v) is 12.4. The molecule has 1 N–H and O–H groups in total. The number of methoxy groups -OCH3 is 1. The van der Waals surface area contributed by atoms with Gasteiger partial charge in [-0.25, -0.2) is 0 Å². The van der Waals surface area contributed by atoms with Gasteiger partial charge in [0, 0.05) is 18.5 Å². The van der Waals surface area contributed by atoms with E-state index < -0.39 is 0 Å². The molecule has 1 saturated heterocycles. The van der Waals surface area contributed by atoms with E-state index in [1.54, 1.807) is 13.2 Å². The van der Waals surface area contributed by atoms with Crippen molar-refractivity contribution in [2.75, 3.05) is 7.11 Å². The van der Waals surface area contributed by atoms with E-state index in [-0.39, 0.29) is 28.6 Å². The Labute approximate surface area is 191 Å². The van der Waals surface area contributed by atoms with Crippen LogP contribution in [0.25, 0.3) is 0 Å². The van der Waals surface area contributed by atoms with Crippen LogP contribution in [0.1, 0.15) is 65.7 Å². The third-order valence-corrected chi connectivity index (χ3v) is 10.0. The second-order valence-electron chi connectivity index (χ2n) is 11.4. The predicted molar refractivity (Wildman–Crippen MR) is 122 cm³/mol. The van der Waals surface area contributed by atoms with Crippen LogP contribution in [0, 0.1) is 40.4 Å². The molecule has 174 valence electrons. The number of fused-ring (bicyclic) bond motifs is 5. The monoisotopic (exact) mass is 439 g/mol. The average molecular weight is 440 g/mol. The second-order valence-corrected chi connectivity index (χ2v) is 11.4. The minimum Gasteiger partial charge on any atom is -0.497 e. The van der Waals surface area contributed by atoms with Gasteiger partial charge in [0.1, 0.15) is 11.5 Å². The zero-order valence-electron chi connectivity index (χ0n) is 19.9. The molecule has 5 rings (SSSR count). The van der Waals surface area contributed by atoms with Gasteiger partial charge in [-0.05, 0) is 85.2 Å². The maximum Gasteiger partial charge on any atom is 0.314 e. The van der Waals surface area contributed by atoms with E-state index in [9.17, 15) is 9.59 Å². The zero-order valence-corrected chi connectivity index (χ0v) is 19.9. The van der Waals surface area contributed by atoms with Crippen molar-refractivity contribution in [1.82, 2.24) is 5.32 Å². The Bertz CT molecular complexity index is 915. The van der Waals surface area contributed by atoms with Gasteiger partial charge in [-0.1, -0.05) is 26.8 Å². The van der Waals surface area contributed by atoms with Crippen LogP contribution in [-0.2, 0) is 9.59 Å². The first kappa shape index (κ1) is 21.8. The zero-order chi connectivity index (χ0) is 22.7. The van der Waals surface area contributed by atoms with E-state index in [1.807, 2.05) is 18.2 Å². The van der Waals surface area contributed by atoms with Gasteiger partial charge in [0.2, 0.25) is 5.91 Å². The minimum atomic E-state index is -0.0841. The highest BCUT2D eigenvalue weighted by molar-refractivity contribution is 5.78. The van der Waals surface area contributed by atoms with Gasteiger partial charge in [-0.3, -0.25) is 9.59 Å². The van der Waals surface area contributed by atoms with Crippen molar-refractivity contribution in [3.63, 3.8) is 0 Å². The predicted octanol–water partition coefficient (Wildman–Crippen LogP) is 4.98. The number of rotatable bonds is 3. The van der Waals surface area contributed by atoms with E-state index in [4.69, 9.17) is 9.47 Å². The summed E-state index contributed by atoms with van der Waals surface area (Å²) in [5.74, 6) is 3.72. The molecule has 0 radical (unpaired) electrons. The summed E-state index contributed by atoms with van der Waals surface area (Å²) >= 11 is 0. The third kappa shape index (κ3) is 3.26. The molecule has 4 fully saturated rings. The Hall–Kier alpha value is -2.04. The van der Waals surface area contributed by atoms with Crippen LogP contribution >= 0.6 is 0 Å². The number of hydrogen-bond acceptors (Lipinski definition) is 4. The van der Waals surface area contributed by atoms with Gasteiger partial charge in [0.15, 0.2) is 0 Å². The molecule has 1 aliphatic heterocycles. The summed E-state index contributed by atoms with van der Waals surface area (Å²) < 4.78 is 11.1. The van der Waals surface area contributed by atoms with E-state index in [2.05, 4.69) is 26.1 Å². The molecule has 4 aliphatic rings. The van der Waals surface area contributed by atoms with Gasteiger partial charge < -0.3 is 14.8 Å². The fourth-order valence-electron chi connectivity index (χ4n) is 8.29. The summed E-state index contributed by atoms with van der Waals surface area (Å²) in [4.78, 5) is 25.4.